The van der Waals surface area contributed by atoms with Crippen molar-refractivity contribution in [3.8, 4) is 0 Å². The largest absolute Gasteiger partial charge is 0.361 e. The van der Waals surface area contributed by atoms with E-state index in [-0.39, 0.29) is 5.91 Å². The van der Waals surface area contributed by atoms with E-state index < -0.39 is 0 Å². The Bertz CT molecular complexity index is 296. The number of nitrogens with one attached hydrogen (secondary N) is 1. The Morgan fingerprint density at radius 3 is 3.07 bits per heavy atom. The molecule has 0 aliphatic carbocycles. The van der Waals surface area contributed by atoms with Gasteiger partial charge in [-0.25, -0.2) is 0 Å². The molecule has 5 nitrogen and oxygen atoms in total. The van der Waals surface area contributed by atoms with E-state index in [1.807, 2.05) is 6.92 Å². The molecule has 78 valence electrons. The zero-order valence-corrected chi connectivity index (χ0v) is 8.25. The number of carbonyl (C=O) groups is 1. The summed E-state index contributed by atoms with van der Waals surface area (Å²) in [6, 6.07) is 1.79. The fraction of sp³-hybridized carbons (Fsp3) is 0.556. The first-order chi connectivity index (χ1) is 6.72. The Morgan fingerprint density at radius 1 is 1.71 bits per heavy atom. The average Bonchev–Trinajstić information content (AvgIpc) is 2.58. The van der Waals surface area contributed by atoms with Crippen LogP contribution in [0.25, 0.3) is 0 Å². The van der Waals surface area contributed by atoms with Crippen molar-refractivity contribution in [3.05, 3.63) is 17.5 Å². The van der Waals surface area contributed by atoms with E-state index in [0.29, 0.717) is 25.9 Å². The molecule has 0 radical (unpaired) electrons. The first-order valence-corrected chi connectivity index (χ1v) is 4.61. The molecule has 0 aromatic carbocycles. The normalized spacial score (nSPS) is 10.1. The van der Waals surface area contributed by atoms with E-state index in [1.165, 1.54) is 0 Å². The quantitative estimate of drug-likeness (QED) is 0.713. The number of nitrogens with two attached hydrogens (primary N) is 1. The number of nitrogens with zero attached hydrogens (tertiary/aromatic N) is 1. The molecule has 5 heteroatoms. The van der Waals surface area contributed by atoms with Gasteiger partial charge in [0.25, 0.3) is 0 Å². The van der Waals surface area contributed by atoms with Crippen molar-refractivity contribution in [2.75, 3.05) is 6.54 Å². The highest BCUT2D eigenvalue weighted by Crippen LogP contribution is 2.00. The maximum absolute atomic E-state index is 11.2. The smallest absolute Gasteiger partial charge is 0.220 e. The average molecular weight is 197 g/mol. The summed E-state index contributed by atoms with van der Waals surface area (Å²) < 4.78 is 4.86. The molecular weight excluding hydrogens is 182 g/mol. The van der Waals surface area contributed by atoms with E-state index in [0.717, 1.165) is 11.5 Å². The van der Waals surface area contributed by atoms with Crippen molar-refractivity contribution in [2.24, 2.45) is 5.73 Å². The Morgan fingerprint density at radius 2 is 2.50 bits per heavy atom. The number of hydrogen-bond donors (Lipinski definition) is 2. The molecule has 0 saturated heterocycles. The van der Waals surface area contributed by atoms with Gasteiger partial charge in [-0.3, -0.25) is 4.79 Å². The molecule has 0 aliphatic heterocycles. The maximum atomic E-state index is 11.2. The summed E-state index contributed by atoms with van der Waals surface area (Å²) in [5.74, 6) is 0.743. The molecule has 1 aromatic rings. The minimum Gasteiger partial charge on any atom is -0.361 e. The molecule has 0 atom stereocenters. The van der Waals surface area contributed by atoms with Crippen LogP contribution in [0, 0.1) is 6.92 Å². The summed E-state index contributed by atoms with van der Waals surface area (Å²) in [7, 11) is 0. The molecule has 0 aliphatic rings. The number of hydrogen-bond acceptors (Lipinski definition) is 4. The first kappa shape index (κ1) is 10.7. The second kappa shape index (κ2) is 5.39. The summed E-state index contributed by atoms with van der Waals surface area (Å²) in [5.41, 5.74) is 6.02. The van der Waals surface area contributed by atoms with Crippen LogP contribution in [0.5, 0.6) is 0 Å². The van der Waals surface area contributed by atoms with Gasteiger partial charge >= 0.3 is 0 Å². The molecule has 3 N–H and O–H groups in total. The summed E-state index contributed by atoms with van der Waals surface area (Å²) in [6.07, 6.45) is 1.18. The van der Waals surface area contributed by atoms with Crippen LogP contribution in [0.4, 0.5) is 0 Å². The SMILES string of the molecule is Cc1cc(CNC(=O)CCCN)no1. The number of carbonyl (C=O) groups excluding carboxylic acids is 1. The Hall–Kier alpha value is -1.36. The summed E-state index contributed by atoms with van der Waals surface area (Å²) in [6.45, 7) is 2.77. The third-order valence-corrected chi connectivity index (χ3v) is 1.75. The van der Waals surface area contributed by atoms with Crippen molar-refractivity contribution >= 4 is 5.91 Å². The molecule has 14 heavy (non-hydrogen) atoms. The van der Waals surface area contributed by atoms with Crippen molar-refractivity contribution in [2.45, 2.75) is 26.3 Å². The lowest BCUT2D eigenvalue weighted by molar-refractivity contribution is -0.121. The van der Waals surface area contributed by atoms with Gasteiger partial charge in [0.05, 0.1) is 6.54 Å². The maximum Gasteiger partial charge on any atom is 0.220 e. The molecule has 1 heterocycles. The lowest BCUT2D eigenvalue weighted by Gasteiger charge is -2.00. The zero-order valence-electron chi connectivity index (χ0n) is 8.25. The molecular formula is C9H15N3O2. The van der Waals surface area contributed by atoms with Crippen LogP contribution in [0.15, 0.2) is 10.6 Å². The zero-order chi connectivity index (χ0) is 10.4. The lowest BCUT2D eigenvalue weighted by atomic mass is 10.3. The molecule has 1 aromatic heterocycles. The number of aryl methyl sites for hydroxylation is 1. The van der Waals surface area contributed by atoms with Gasteiger partial charge in [-0.15, -0.1) is 0 Å². The summed E-state index contributed by atoms with van der Waals surface area (Å²) in [5, 5.41) is 6.48. The first-order valence-electron chi connectivity index (χ1n) is 4.61. The van der Waals surface area contributed by atoms with Gasteiger partial charge in [-0.05, 0) is 19.9 Å². The summed E-state index contributed by atoms with van der Waals surface area (Å²) in [4.78, 5) is 11.2. The van der Waals surface area contributed by atoms with Crippen LogP contribution in [0.3, 0.4) is 0 Å². The molecule has 1 amide bonds. The third-order valence-electron chi connectivity index (χ3n) is 1.75. The van der Waals surface area contributed by atoms with E-state index >= 15 is 0 Å². The predicted octanol–water partition coefficient (Wildman–Crippen LogP) is 0.338. The fourth-order valence-corrected chi connectivity index (χ4v) is 1.04. The van der Waals surface area contributed by atoms with Gasteiger partial charge in [0, 0.05) is 12.5 Å². The molecule has 0 unspecified atom stereocenters. The Kier molecular flexibility index (Phi) is 4.12. The summed E-state index contributed by atoms with van der Waals surface area (Å²) >= 11 is 0. The van der Waals surface area contributed by atoms with Gasteiger partial charge in [0.15, 0.2) is 0 Å². The lowest BCUT2D eigenvalue weighted by Crippen LogP contribution is -2.23. The van der Waals surface area contributed by atoms with Crippen molar-refractivity contribution in [1.82, 2.24) is 10.5 Å². The molecule has 0 saturated carbocycles. The van der Waals surface area contributed by atoms with Crippen LogP contribution in [0.2, 0.25) is 0 Å². The highest BCUT2D eigenvalue weighted by molar-refractivity contribution is 5.75. The van der Waals surface area contributed by atoms with Crippen LogP contribution >= 0.6 is 0 Å². The van der Waals surface area contributed by atoms with Gasteiger partial charge in [-0.2, -0.15) is 0 Å². The predicted molar refractivity (Wildman–Crippen MR) is 51.4 cm³/mol. The Balaban J connectivity index is 2.23. The van der Waals surface area contributed by atoms with Crippen LogP contribution in [-0.4, -0.2) is 17.6 Å². The Labute approximate surface area is 82.6 Å². The third kappa shape index (κ3) is 3.57. The van der Waals surface area contributed by atoms with Crippen LogP contribution < -0.4 is 11.1 Å². The number of aromatic nitrogens is 1. The second-order valence-corrected chi connectivity index (χ2v) is 3.10. The standard InChI is InChI=1S/C9H15N3O2/c1-7-5-8(12-14-7)6-11-9(13)3-2-4-10/h5H,2-4,6,10H2,1H3,(H,11,13). The minimum atomic E-state index is -0.00361. The number of amides is 1. The topological polar surface area (TPSA) is 81.2 Å². The highest BCUT2D eigenvalue weighted by Gasteiger charge is 2.03. The highest BCUT2D eigenvalue weighted by atomic mass is 16.5. The van der Waals surface area contributed by atoms with Gasteiger partial charge in [0.2, 0.25) is 5.91 Å². The molecule has 0 spiro atoms. The second-order valence-electron chi connectivity index (χ2n) is 3.10. The van der Waals surface area contributed by atoms with Gasteiger partial charge in [-0.1, -0.05) is 5.16 Å². The molecule has 0 fully saturated rings. The van der Waals surface area contributed by atoms with Crippen LogP contribution in [0.1, 0.15) is 24.3 Å². The fourth-order valence-electron chi connectivity index (χ4n) is 1.04. The molecule has 1 rings (SSSR count). The number of rotatable bonds is 5. The van der Waals surface area contributed by atoms with Crippen molar-refractivity contribution < 1.29 is 9.32 Å². The monoisotopic (exact) mass is 197 g/mol. The van der Waals surface area contributed by atoms with E-state index in [4.69, 9.17) is 10.3 Å². The van der Waals surface area contributed by atoms with Gasteiger partial charge < -0.3 is 15.6 Å². The van der Waals surface area contributed by atoms with Crippen molar-refractivity contribution in [1.29, 1.82) is 0 Å². The van der Waals surface area contributed by atoms with E-state index in [1.54, 1.807) is 6.07 Å². The minimum absolute atomic E-state index is 0.00361. The van der Waals surface area contributed by atoms with Crippen molar-refractivity contribution in [3.63, 3.8) is 0 Å². The van der Waals surface area contributed by atoms with E-state index in [2.05, 4.69) is 10.5 Å². The molecule has 0 bridgehead atoms. The van der Waals surface area contributed by atoms with E-state index in [9.17, 15) is 4.79 Å². The van der Waals surface area contributed by atoms with Crippen LogP contribution in [-0.2, 0) is 11.3 Å². The van der Waals surface area contributed by atoms with Gasteiger partial charge in [0.1, 0.15) is 11.5 Å².